The third kappa shape index (κ3) is 17.0. The minimum absolute atomic E-state index is 0.165. The Hall–Kier alpha value is -3.52. The van der Waals surface area contributed by atoms with Crippen LogP contribution < -0.4 is 0 Å². The fourth-order valence-electron chi connectivity index (χ4n) is 5.81. The molecule has 2 N–H and O–H groups in total. The normalized spacial score (nSPS) is 13.6. The minimum atomic E-state index is 0.165. The van der Waals surface area contributed by atoms with E-state index in [0.717, 1.165) is 69.8 Å². The molecule has 0 saturated heterocycles. The molecule has 0 aliphatic rings. The molecule has 0 aliphatic carbocycles. The summed E-state index contributed by atoms with van der Waals surface area (Å²) in [6.45, 7) is 27.2. The molecule has 0 spiro atoms. The third-order valence-corrected chi connectivity index (χ3v) is 9.21. The van der Waals surface area contributed by atoms with Crippen molar-refractivity contribution in [1.82, 2.24) is 0 Å². The van der Waals surface area contributed by atoms with Crippen molar-refractivity contribution in [2.24, 2.45) is 0 Å². The topological polar surface area (TPSA) is 40.5 Å². The lowest BCUT2D eigenvalue weighted by molar-refractivity contribution is 0.450. The molecular formula is C46H68O2. The van der Waals surface area contributed by atoms with Crippen molar-refractivity contribution >= 4 is 12.2 Å². The van der Waals surface area contributed by atoms with E-state index in [9.17, 15) is 10.2 Å². The van der Waals surface area contributed by atoms with Gasteiger partial charge in [0.2, 0.25) is 0 Å². The molecule has 0 fully saturated rings. The van der Waals surface area contributed by atoms with Crippen LogP contribution in [0.4, 0.5) is 0 Å². The van der Waals surface area contributed by atoms with Crippen LogP contribution in [0.25, 0.3) is 12.2 Å². The predicted octanol–water partition coefficient (Wildman–Crippen LogP) is 14.6. The van der Waals surface area contributed by atoms with Gasteiger partial charge in [-0.15, -0.1) is 0 Å². The summed E-state index contributed by atoms with van der Waals surface area (Å²) in [6, 6.07) is 0. The first-order valence-corrected chi connectivity index (χ1v) is 18.2. The fourth-order valence-corrected chi connectivity index (χ4v) is 5.81. The molecule has 264 valence electrons. The maximum absolute atomic E-state index is 10.8. The molecule has 0 bridgehead atoms. The molecule has 1 aromatic rings. The molecule has 2 heteroatoms. The molecule has 48 heavy (non-hydrogen) atoms. The highest BCUT2D eigenvalue weighted by atomic mass is 16.3. The number of phenols is 2. The molecule has 0 saturated carbocycles. The lowest BCUT2D eigenvalue weighted by Gasteiger charge is -2.15. The quantitative estimate of drug-likeness (QED) is 0.0966. The van der Waals surface area contributed by atoms with Crippen molar-refractivity contribution in [3.63, 3.8) is 0 Å². The van der Waals surface area contributed by atoms with E-state index in [4.69, 9.17) is 0 Å². The Morgan fingerprint density at radius 3 is 1.06 bits per heavy atom. The van der Waals surface area contributed by atoms with Gasteiger partial charge in [0.15, 0.2) is 0 Å². The Morgan fingerprint density at radius 2 is 0.750 bits per heavy atom. The maximum Gasteiger partial charge on any atom is 0.127 e. The summed E-state index contributed by atoms with van der Waals surface area (Å²) in [7, 11) is 0. The van der Waals surface area contributed by atoms with Crippen LogP contribution in [0.1, 0.15) is 155 Å². The Morgan fingerprint density at radius 1 is 0.458 bits per heavy atom. The maximum atomic E-state index is 10.8. The lowest BCUT2D eigenvalue weighted by Crippen LogP contribution is -1.96. The SMILES string of the molecule is C=Cc1c(O)c(C)c(C/C=C(\C)CCC=C(C)CCC=C(C)CCC=C(C)CCC=C(C)CCC=C(C)CCC=C(C)C)c(O)c1C=C. The number of benzene rings is 1. The number of allylic oxidation sites excluding steroid dienone is 14. The zero-order chi connectivity index (χ0) is 36.1. The number of hydrogen-bond donors (Lipinski definition) is 2. The van der Waals surface area contributed by atoms with E-state index in [1.54, 1.807) is 12.2 Å². The molecule has 1 rings (SSSR count). The van der Waals surface area contributed by atoms with E-state index in [1.165, 1.54) is 51.9 Å². The van der Waals surface area contributed by atoms with E-state index in [-0.39, 0.29) is 11.5 Å². The van der Waals surface area contributed by atoms with Crippen molar-refractivity contribution < 1.29 is 10.2 Å². The van der Waals surface area contributed by atoms with Gasteiger partial charge in [0.1, 0.15) is 11.5 Å². The summed E-state index contributed by atoms with van der Waals surface area (Å²) >= 11 is 0. The van der Waals surface area contributed by atoms with Crippen LogP contribution in [0, 0.1) is 6.92 Å². The highest BCUT2D eigenvalue weighted by Gasteiger charge is 2.17. The summed E-state index contributed by atoms with van der Waals surface area (Å²) in [5, 5.41) is 21.4. The van der Waals surface area contributed by atoms with Crippen LogP contribution in [0.5, 0.6) is 11.5 Å². The van der Waals surface area contributed by atoms with Crippen LogP contribution in [0.3, 0.4) is 0 Å². The van der Waals surface area contributed by atoms with Crippen molar-refractivity contribution in [3.05, 3.63) is 117 Å². The van der Waals surface area contributed by atoms with E-state index in [0.29, 0.717) is 23.1 Å². The molecule has 0 radical (unpaired) electrons. The third-order valence-electron chi connectivity index (χ3n) is 9.21. The molecule has 0 aliphatic heterocycles. The number of aromatic hydroxyl groups is 2. The zero-order valence-electron chi connectivity index (χ0n) is 32.2. The molecule has 1 aromatic carbocycles. The number of phenolic OH excluding ortho intramolecular Hbond substituents is 2. The van der Waals surface area contributed by atoms with E-state index < -0.39 is 0 Å². The molecule has 0 heterocycles. The molecule has 0 amide bonds. The standard InChI is InChI=1S/C46H68O2/c1-12-42-43(13-2)46(48)44(41(11)45(42)47)33-32-40(10)31-19-30-39(9)29-18-28-38(8)27-17-26-37(7)25-16-24-36(6)23-15-22-35(5)21-14-20-34(3)4/h12-13,20,22,24,26,28,30,32,47-48H,1-2,14-19,21,23,25,27,29,31,33H2,3-11H3/b35-22?,36-24?,37-26?,38-28?,39-30?,40-32+. The first-order chi connectivity index (χ1) is 22.8. The minimum Gasteiger partial charge on any atom is -0.507 e. The van der Waals surface area contributed by atoms with E-state index in [1.807, 2.05) is 6.92 Å². The Balaban J connectivity index is 2.40. The van der Waals surface area contributed by atoms with Gasteiger partial charge < -0.3 is 10.2 Å². The Labute approximate surface area is 295 Å². The van der Waals surface area contributed by atoms with Crippen LogP contribution in [0.2, 0.25) is 0 Å². The highest BCUT2D eigenvalue weighted by Crippen LogP contribution is 2.39. The van der Waals surface area contributed by atoms with Crippen LogP contribution >= 0.6 is 0 Å². The zero-order valence-corrected chi connectivity index (χ0v) is 32.2. The molecular weight excluding hydrogens is 585 g/mol. The van der Waals surface area contributed by atoms with Gasteiger partial charge in [-0.25, -0.2) is 0 Å². The summed E-state index contributed by atoms with van der Waals surface area (Å²) in [5.41, 5.74) is 12.6. The van der Waals surface area contributed by atoms with Gasteiger partial charge in [0, 0.05) is 16.7 Å². The summed E-state index contributed by atoms with van der Waals surface area (Å²) < 4.78 is 0. The van der Waals surface area contributed by atoms with E-state index in [2.05, 4.69) is 111 Å². The summed E-state index contributed by atoms with van der Waals surface area (Å²) in [5.74, 6) is 0.344. The Kier molecular flexibility index (Phi) is 21.0. The van der Waals surface area contributed by atoms with Gasteiger partial charge in [-0.1, -0.05) is 107 Å². The second kappa shape index (κ2) is 23.7. The molecule has 0 aromatic heterocycles. The highest BCUT2D eigenvalue weighted by molar-refractivity contribution is 5.76. The van der Waals surface area contributed by atoms with Crippen LogP contribution in [-0.2, 0) is 6.42 Å². The van der Waals surface area contributed by atoms with Gasteiger partial charge in [-0.05, 0) is 151 Å². The monoisotopic (exact) mass is 653 g/mol. The van der Waals surface area contributed by atoms with Gasteiger partial charge in [0.25, 0.3) is 0 Å². The van der Waals surface area contributed by atoms with Gasteiger partial charge in [0.05, 0.1) is 0 Å². The summed E-state index contributed by atoms with van der Waals surface area (Å²) in [4.78, 5) is 0. The smallest absolute Gasteiger partial charge is 0.127 e. The van der Waals surface area contributed by atoms with Gasteiger partial charge in [-0.2, -0.15) is 0 Å². The second-order valence-corrected chi connectivity index (χ2v) is 14.1. The molecule has 0 atom stereocenters. The average Bonchev–Trinajstić information content (AvgIpc) is 3.02. The van der Waals surface area contributed by atoms with Crippen LogP contribution in [-0.4, -0.2) is 10.2 Å². The van der Waals surface area contributed by atoms with Gasteiger partial charge >= 0.3 is 0 Å². The molecule has 0 unspecified atom stereocenters. The van der Waals surface area contributed by atoms with Crippen molar-refractivity contribution in [2.75, 3.05) is 0 Å². The van der Waals surface area contributed by atoms with Crippen molar-refractivity contribution in [2.45, 2.75) is 146 Å². The largest absolute Gasteiger partial charge is 0.507 e. The summed E-state index contributed by atoms with van der Waals surface area (Å²) in [6.07, 6.45) is 33.6. The number of rotatable bonds is 22. The second-order valence-electron chi connectivity index (χ2n) is 14.1. The number of hydrogen-bond acceptors (Lipinski definition) is 2. The molecule has 2 nitrogen and oxygen atoms in total. The lowest BCUT2D eigenvalue weighted by atomic mass is 9.93. The predicted molar refractivity (Wildman–Crippen MR) is 216 cm³/mol. The first kappa shape index (κ1) is 42.5. The fraction of sp³-hybridized carbons (Fsp3) is 0.478. The first-order valence-electron chi connectivity index (χ1n) is 18.2. The van der Waals surface area contributed by atoms with Crippen molar-refractivity contribution in [1.29, 1.82) is 0 Å². The average molecular weight is 653 g/mol. The van der Waals surface area contributed by atoms with E-state index >= 15 is 0 Å². The Bertz CT molecular complexity index is 1410. The van der Waals surface area contributed by atoms with Gasteiger partial charge in [-0.3, -0.25) is 0 Å². The van der Waals surface area contributed by atoms with Crippen LogP contribution in [0.15, 0.2) is 94.7 Å². The van der Waals surface area contributed by atoms with Crippen molar-refractivity contribution in [3.8, 4) is 11.5 Å².